The van der Waals surface area contributed by atoms with E-state index in [0.717, 1.165) is 10.0 Å². The van der Waals surface area contributed by atoms with Gasteiger partial charge in [0.25, 0.3) is 0 Å². The molecule has 0 unspecified atom stereocenters. The average molecular weight is 597 g/mol. The van der Waals surface area contributed by atoms with Crippen molar-refractivity contribution < 1.29 is 33.3 Å². The largest absolute Gasteiger partial charge is 0.465 e. The van der Waals surface area contributed by atoms with E-state index in [-0.39, 0.29) is 12.5 Å². The summed E-state index contributed by atoms with van der Waals surface area (Å²) in [4.78, 5) is 44.7. The summed E-state index contributed by atoms with van der Waals surface area (Å²) in [5.41, 5.74) is 1.37. The van der Waals surface area contributed by atoms with E-state index in [9.17, 15) is 14.4 Å². The third kappa shape index (κ3) is 4.49. The molecule has 2 aromatic rings. The number of hydrogen-bond donors (Lipinski definition) is 0. The Labute approximate surface area is 234 Å². The Morgan fingerprint density at radius 1 is 1.00 bits per heavy atom. The highest BCUT2D eigenvalue weighted by molar-refractivity contribution is 9.10. The van der Waals surface area contributed by atoms with Crippen molar-refractivity contribution in [2.24, 2.45) is 11.8 Å². The highest BCUT2D eigenvalue weighted by Crippen LogP contribution is 2.49. The molecule has 0 radical (unpaired) electrons. The molecule has 10 heteroatoms. The predicted octanol–water partition coefficient (Wildman–Crippen LogP) is 3.76. The van der Waals surface area contributed by atoms with Crippen LogP contribution in [-0.4, -0.2) is 59.6 Å². The van der Waals surface area contributed by atoms with Crippen molar-refractivity contribution in [1.29, 1.82) is 0 Å². The van der Waals surface area contributed by atoms with Crippen LogP contribution in [0, 0.1) is 11.8 Å². The van der Waals surface area contributed by atoms with E-state index in [1.54, 1.807) is 31.2 Å². The fourth-order valence-corrected chi connectivity index (χ4v) is 6.38. The van der Waals surface area contributed by atoms with Crippen molar-refractivity contribution in [2.75, 3.05) is 11.5 Å². The highest BCUT2D eigenvalue weighted by atomic mass is 79.9. The van der Waals surface area contributed by atoms with Crippen LogP contribution >= 0.6 is 15.9 Å². The molecule has 39 heavy (non-hydrogen) atoms. The summed E-state index contributed by atoms with van der Waals surface area (Å²) in [5.74, 6) is -3.53. The normalized spacial score (nSPS) is 31.2. The molecular formula is C29H29BrN2O7. The zero-order chi connectivity index (χ0) is 27.5. The molecule has 204 valence electrons. The third-order valence-corrected chi connectivity index (χ3v) is 8.10. The van der Waals surface area contributed by atoms with Crippen LogP contribution in [-0.2, 0) is 39.9 Å². The molecular weight excluding hydrogens is 568 g/mol. The minimum absolute atomic E-state index is 0.148. The van der Waals surface area contributed by atoms with E-state index in [1.807, 2.05) is 55.2 Å². The molecule has 9 nitrogen and oxygen atoms in total. The number of benzene rings is 2. The van der Waals surface area contributed by atoms with Gasteiger partial charge in [-0.2, -0.15) is 0 Å². The van der Waals surface area contributed by atoms with Gasteiger partial charge in [0.2, 0.25) is 18.1 Å². The van der Waals surface area contributed by atoms with Crippen molar-refractivity contribution in [2.45, 2.75) is 57.6 Å². The summed E-state index contributed by atoms with van der Waals surface area (Å²) in [7, 11) is 0. The summed E-state index contributed by atoms with van der Waals surface area (Å²) < 4.78 is 24.4. The number of amides is 2. The molecule has 0 aromatic heterocycles. The molecule has 2 amide bonds. The van der Waals surface area contributed by atoms with Crippen LogP contribution in [0.25, 0.3) is 0 Å². The van der Waals surface area contributed by atoms with Crippen LogP contribution < -0.4 is 4.90 Å². The van der Waals surface area contributed by atoms with E-state index >= 15 is 0 Å². The molecule has 0 N–H and O–H groups in total. The van der Waals surface area contributed by atoms with Gasteiger partial charge in [-0.05, 0) is 56.7 Å². The number of esters is 1. The zero-order valence-corrected chi connectivity index (χ0v) is 23.4. The van der Waals surface area contributed by atoms with E-state index in [1.165, 1.54) is 4.90 Å². The predicted molar refractivity (Wildman–Crippen MR) is 143 cm³/mol. The van der Waals surface area contributed by atoms with Crippen molar-refractivity contribution in [1.82, 2.24) is 4.90 Å². The number of fused-ring (bicyclic) bond motifs is 2. The SMILES string of the molecule is CCOC(=O)[C@@H]1[C@H]2C(=O)N(c3ccc(Br)cc3)C(=O)[C@H]2[C@@H](C2=C[C@H]3OC(C)(C)O[C@H]3O2)N1Cc1ccccc1. The van der Waals surface area contributed by atoms with Crippen molar-refractivity contribution >= 4 is 39.4 Å². The van der Waals surface area contributed by atoms with E-state index in [4.69, 9.17) is 18.9 Å². The molecule has 4 aliphatic heterocycles. The molecule has 0 aliphatic carbocycles. The first kappa shape index (κ1) is 26.2. The lowest BCUT2D eigenvalue weighted by Gasteiger charge is -2.33. The molecule has 0 saturated carbocycles. The summed E-state index contributed by atoms with van der Waals surface area (Å²) in [5, 5.41) is 0. The van der Waals surface area contributed by atoms with Crippen LogP contribution in [0.3, 0.4) is 0 Å². The van der Waals surface area contributed by atoms with E-state index in [0.29, 0.717) is 18.0 Å². The lowest BCUT2D eigenvalue weighted by Crippen LogP contribution is -2.49. The van der Waals surface area contributed by atoms with Gasteiger partial charge in [0.05, 0.1) is 30.2 Å². The van der Waals surface area contributed by atoms with Crippen molar-refractivity contribution in [3.8, 4) is 0 Å². The van der Waals surface area contributed by atoms with E-state index in [2.05, 4.69) is 15.9 Å². The minimum Gasteiger partial charge on any atom is -0.465 e. The number of nitrogens with zero attached hydrogens (tertiary/aromatic N) is 2. The Bertz CT molecular complexity index is 1330. The molecule has 0 bridgehead atoms. The standard InChI is InChI=1S/C29H29BrN2O7/c1-4-36-27(35)24-22-21(25(33)32(26(22)34)18-12-10-17(30)11-13-18)23(31(24)15-16-8-6-5-7-9-16)19-14-20-28(37-19)39-29(2,3)38-20/h5-14,20-24,28H,4,15H2,1-3H3/t20-,21-,22+,23-,24+,28-/m1/s1. The first-order chi connectivity index (χ1) is 18.7. The van der Waals surface area contributed by atoms with Gasteiger partial charge in [-0.15, -0.1) is 0 Å². The van der Waals surface area contributed by atoms with Crippen molar-refractivity contribution in [3.05, 3.63) is 76.5 Å². The molecule has 2 aromatic carbocycles. The number of likely N-dealkylation sites (tertiary alicyclic amines) is 1. The lowest BCUT2D eigenvalue weighted by molar-refractivity contribution is -0.184. The quantitative estimate of drug-likeness (QED) is 0.367. The number of anilines is 1. The lowest BCUT2D eigenvalue weighted by atomic mass is 9.88. The maximum atomic E-state index is 14.1. The third-order valence-electron chi connectivity index (χ3n) is 7.57. The van der Waals surface area contributed by atoms with E-state index < -0.39 is 54.0 Å². The highest BCUT2D eigenvalue weighted by Gasteiger charge is 2.66. The Balaban J connectivity index is 1.44. The van der Waals surface area contributed by atoms with Gasteiger partial charge in [-0.1, -0.05) is 46.3 Å². The molecule has 3 fully saturated rings. The van der Waals surface area contributed by atoms with Gasteiger partial charge < -0.3 is 18.9 Å². The second kappa shape index (κ2) is 9.85. The average Bonchev–Trinajstić information content (AvgIpc) is 3.57. The Kier molecular flexibility index (Phi) is 6.61. The molecule has 4 heterocycles. The van der Waals surface area contributed by atoms with Gasteiger partial charge in [0.15, 0.2) is 5.79 Å². The first-order valence-corrected chi connectivity index (χ1v) is 13.8. The van der Waals surface area contributed by atoms with Gasteiger partial charge >= 0.3 is 5.97 Å². The monoisotopic (exact) mass is 596 g/mol. The number of ether oxygens (including phenoxy) is 4. The maximum absolute atomic E-state index is 14.1. The Morgan fingerprint density at radius 2 is 1.69 bits per heavy atom. The Hall–Kier alpha value is -3.05. The molecule has 6 atom stereocenters. The number of carbonyl (C=O) groups is 3. The van der Waals surface area contributed by atoms with Crippen LogP contribution in [0.5, 0.6) is 0 Å². The number of hydrogen-bond acceptors (Lipinski definition) is 8. The van der Waals surface area contributed by atoms with Crippen LogP contribution in [0.4, 0.5) is 5.69 Å². The number of carbonyl (C=O) groups excluding carboxylic acids is 3. The maximum Gasteiger partial charge on any atom is 0.324 e. The van der Waals surface area contributed by atoms with Gasteiger partial charge in [-0.25, -0.2) is 4.90 Å². The summed E-state index contributed by atoms with van der Waals surface area (Å²) >= 11 is 3.40. The Morgan fingerprint density at radius 3 is 2.36 bits per heavy atom. The molecule has 6 rings (SSSR count). The summed E-state index contributed by atoms with van der Waals surface area (Å²) in [6.07, 6.45) is 0.666. The fraction of sp³-hybridized carbons (Fsp3) is 0.414. The smallest absolute Gasteiger partial charge is 0.324 e. The molecule has 4 aliphatic rings. The first-order valence-electron chi connectivity index (χ1n) is 13.0. The number of rotatable bonds is 6. The fourth-order valence-electron chi connectivity index (χ4n) is 6.11. The summed E-state index contributed by atoms with van der Waals surface area (Å²) in [6.45, 7) is 5.79. The number of halogens is 1. The minimum atomic E-state index is -0.986. The molecule has 0 spiro atoms. The van der Waals surface area contributed by atoms with Crippen LogP contribution in [0.15, 0.2) is 70.9 Å². The zero-order valence-electron chi connectivity index (χ0n) is 21.8. The van der Waals surface area contributed by atoms with Crippen LogP contribution in [0.1, 0.15) is 26.3 Å². The summed E-state index contributed by atoms with van der Waals surface area (Å²) in [6, 6.07) is 14.9. The van der Waals surface area contributed by atoms with Gasteiger partial charge in [0, 0.05) is 11.0 Å². The van der Waals surface area contributed by atoms with Gasteiger partial charge in [-0.3, -0.25) is 19.3 Å². The molecule has 3 saturated heterocycles. The second-order valence-electron chi connectivity index (χ2n) is 10.5. The number of imide groups is 1. The van der Waals surface area contributed by atoms with Crippen LogP contribution in [0.2, 0.25) is 0 Å². The second-order valence-corrected chi connectivity index (χ2v) is 11.4. The van der Waals surface area contributed by atoms with Gasteiger partial charge in [0.1, 0.15) is 17.9 Å². The topological polar surface area (TPSA) is 94.6 Å². The van der Waals surface area contributed by atoms with Crippen molar-refractivity contribution in [3.63, 3.8) is 0 Å².